The molecule has 0 atom stereocenters. The molecule has 0 aliphatic carbocycles. The Bertz CT molecular complexity index is 851. The van der Waals surface area contributed by atoms with Crippen LogP contribution in [0.5, 0.6) is 11.5 Å². The van der Waals surface area contributed by atoms with Gasteiger partial charge in [0.25, 0.3) is 5.69 Å². The predicted octanol–water partition coefficient (Wildman–Crippen LogP) is 3.98. The van der Waals surface area contributed by atoms with Gasteiger partial charge in [0.2, 0.25) is 0 Å². The van der Waals surface area contributed by atoms with E-state index in [2.05, 4.69) is 6.07 Å². The van der Waals surface area contributed by atoms with Gasteiger partial charge in [0.1, 0.15) is 11.5 Å². The molecule has 0 saturated heterocycles. The van der Waals surface area contributed by atoms with Crippen LogP contribution in [0.15, 0.2) is 36.4 Å². The van der Waals surface area contributed by atoms with E-state index >= 15 is 0 Å². The van der Waals surface area contributed by atoms with E-state index in [-0.39, 0.29) is 5.69 Å². The van der Waals surface area contributed by atoms with Crippen molar-refractivity contribution < 1.29 is 14.4 Å². The molecule has 0 aromatic heterocycles. The first-order valence-electron chi connectivity index (χ1n) is 7.10. The molecule has 0 fully saturated rings. The van der Waals surface area contributed by atoms with E-state index in [1.165, 1.54) is 12.1 Å². The van der Waals surface area contributed by atoms with Gasteiger partial charge in [0.15, 0.2) is 0 Å². The molecule has 0 unspecified atom stereocenters. The lowest BCUT2D eigenvalue weighted by Crippen LogP contribution is -1.95. The Morgan fingerprint density at radius 2 is 2.00 bits per heavy atom. The van der Waals surface area contributed by atoms with Crippen molar-refractivity contribution in [1.29, 1.82) is 5.26 Å². The van der Waals surface area contributed by atoms with Crippen molar-refractivity contribution >= 4 is 17.3 Å². The standard InChI is InChI=1S/C18H16N2O4/c1-12-17(23-2)8-7-14(18(12)24-3)9-15(11-19)13-5-4-6-16(10-13)20(21)22/h4-10H,1-3H3. The summed E-state index contributed by atoms with van der Waals surface area (Å²) in [5.74, 6) is 1.27. The Kier molecular flexibility index (Phi) is 5.17. The number of nitriles is 1. The van der Waals surface area contributed by atoms with Gasteiger partial charge in [0.05, 0.1) is 30.8 Å². The van der Waals surface area contributed by atoms with Crippen LogP contribution in [-0.4, -0.2) is 19.1 Å². The van der Waals surface area contributed by atoms with Crippen LogP contribution >= 0.6 is 0 Å². The number of benzene rings is 2. The number of nitrogens with zero attached hydrogens (tertiary/aromatic N) is 2. The normalized spacial score (nSPS) is 10.8. The van der Waals surface area contributed by atoms with Crippen LogP contribution in [0.3, 0.4) is 0 Å². The van der Waals surface area contributed by atoms with Gasteiger partial charge < -0.3 is 9.47 Å². The van der Waals surface area contributed by atoms with Crippen molar-refractivity contribution in [2.45, 2.75) is 6.92 Å². The maximum atomic E-state index is 10.9. The number of hydrogen-bond acceptors (Lipinski definition) is 5. The van der Waals surface area contributed by atoms with Crippen LogP contribution < -0.4 is 9.47 Å². The Hall–Kier alpha value is -3.33. The minimum Gasteiger partial charge on any atom is -0.496 e. The molecule has 6 heteroatoms. The van der Waals surface area contributed by atoms with Gasteiger partial charge in [-0.25, -0.2) is 0 Å². The van der Waals surface area contributed by atoms with E-state index in [1.807, 2.05) is 6.92 Å². The lowest BCUT2D eigenvalue weighted by Gasteiger charge is -2.12. The molecule has 0 amide bonds. The Morgan fingerprint density at radius 3 is 2.58 bits per heavy atom. The van der Waals surface area contributed by atoms with Crippen molar-refractivity contribution in [2.24, 2.45) is 0 Å². The van der Waals surface area contributed by atoms with Crippen molar-refractivity contribution in [2.75, 3.05) is 14.2 Å². The van der Waals surface area contributed by atoms with Gasteiger partial charge >= 0.3 is 0 Å². The topological polar surface area (TPSA) is 85.4 Å². The molecule has 0 aliphatic rings. The molecule has 0 bridgehead atoms. The second-order valence-corrected chi connectivity index (χ2v) is 4.99. The highest BCUT2D eigenvalue weighted by Gasteiger charge is 2.13. The number of ether oxygens (including phenoxy) is 2. The Labute approximate surface area is 139 Å². The summed E-state index contributed by atoms with van der Waals surface area (Å²) in [7, 11) is 3.11. The van der Waals surface area contributed by atoms with E-state index in [0.29, 0.717) is 28.2 Å². The molecule has 6 nitrogen and oxygen atoms in total. The summed E-state index contributed by atoms with van der Waals surface area (Å²) in [5, 5.41) is 20.4. The van der Waals surface area contributed by atoms with Gasteiger partial charge in [-0.05, 0) is 30.7 Å². The molecule has 0 radical (unpaired) electrons. The number of non-ortho nitro benzene ring substituents is 1. The summed E-state index contributed by atoms with van der Waals surface area (Å²) in [6.07, 6.45) is 1.64. The molecule has 122 valence electrons. The predicted molar refractivity (Wildman–Crippen MR) is 90.9 cm³/mol. The van der Waals surface area contributed by atoms with E-state index in [1.54, 1.807) is 44.6 Å². The minimum atomic E-state index is -0.489. The third kappa shape index (κ3) is 3.36. The number of nitro benzene ring substituents is 1. The fourth-order valence-corrected chi connectivity index (χ4v) is 2.42. The lowest BCUT2D eigenvalue weighted by atomic mass is 10.0. The van der Waals surface area contributed by atoms with E-state index in [4.69, 9.17) is 9.47 Å². The molecular weight excluding hydrogens is 308 g/mol. The summed E-state index contributed by atoms with van der Waals surface area (Å²) in [6.45, 7) is 1.86. The molecule has 2 aromatic carbocycles. The fourth-order valence-electron chi connectivity index (χ4n) is 2.42. The SMILES string of the molecule is COc1ccc(C=C(C#N)c2cccc([N+](=O)[O-])c2)c(OC)c1C. The zero-order chi connectivity index (χ0) is 17.7. The van der Waals surface area contributed by atoms with E-state index in [9.17, 15) is 15.4 Å². The maximum Gasteiger partial charge on any atom is 0.270 e. The highest BCUT2D eigenvalue weighted by atomic mass is 16.6. The third-order valence-corrected chi connectivity index (χ3v) is 3.60. The fraction of sp³-hybridized carbons (Fsp3) is 0.167. The summed E-state index contributed by atoms with van der Waals surface area (Å²) in [4.78, 5) is 10.4. The largest absolute Gasteiger partial charge is 0.496 e. The first-order chi connectivity index (χ1) is 11.5. The molecule has 0 heterocycles. The first kappa shape index (κ1) is 17.0. The van der Waals surface area contributed by atoms with Gasteiger partial charge in [-0.2, -0.15) is 5.26 Å². The second-order valence-electron chi connectivity index (χ2n) is 4.99. The molecule has 0 N–H and O–H groups in total. The highest BCUT2D eigenvalue weighted by molar-refractivity contribution is 5.91. The summed E-state index contributed by atoms with van der Waals surface area (Å²) < 4.78 is 10.7. The quantitative estimate of drug-likeness (QED) is 0.359. The third-order valence-electron chi connectivity index (χ3n) is 3.60. The average molecular weight is 324 g/mol. The van der Waals surface area contributed by atoms with Crippen LogP contribution in [0.1, 0.15) is 16.7 Å². The van der Waals surface area contributed by atoms with Crippen molar-refractivity contribution in [1.82, 2.24) is 0 Å². The monoisotopic (exact) mass is 324 g/mol. The summed E-state index contributed by atoms with van der Waals surface area (Å²) in [6, 6.07) is 11.6. The molecule has 2 aromatic rings. The Morgan fingerprint density at radius 1 is 1.25 bits per heavy atom. The molecule has 2 rings (SSSR count). The van der Waals surface area contributed by atoms with Gasteiger partial charge in [-0.3, -0.25) is 10.1 Å². The first-order valence-corrected chi connectivity index (χ1v) is 7.10. The van der Waals surface area contributed by atoms with Gasteiger partial charge in [-0.15, -0.1) is 0 Å². The zero-order valence-electron chi connectivity index (χ0n) is 13.6. The van der Waals surface area contributed by atoms with Crippen LogP contribution in [-0.2, 0) is 0 Å². The molecular formula is C18H16N2O4. The maximum absolute atomic E-state index is 10.9. The summed E-state index contributed by atoms with van der Waals surface area (Å²) >= 11 is 0. The average Bonchev–Trinajstić information content (AvgIpc) is 2.60. The highest BCUT2D eigenvalue weighted by Crippen LogP contribution is 2.33. The van der Waals surface area contributed by atoms with Crippen molar-refractivity contribution in [3.8, 4) is 17.6 Å². The zero-order valence-corrected chi connectivity index (χ0v) is 13.6. The van der Waals surface area contributed by atoms with E-state index in [0.717, 1.165) is 5.56 Å². The lowest BCUT2D eigenvalue weighted by molar-refractivity contribution is -0.384. The van der Waals surface area contributed by atoms with E-state index < -0.39 is 4.92 Å². The number of allylic oxidation sites excluding steroid dienone is 1. The van der Waals surface area contributed by atoms with Crippen LogP contribution in [0.4, 0.5) is 5.69 Å². The number of rotatable bonds is 5. The van der Waals surface area contributed by atoms with Crippen LogP contribution in [0, 0.1) is 28.4 Å². The van der Waals surface area contributed by atoms with Gasteiger partial charge in [-0.1, -0.05) is 12.1 Å². The van der Waals surface area contributed by atoms with Crippen molar-refractivity contribution in [3.05, 3.63) is 63.2 Å². The minimum absolute atomic E-state index is 0.0634. The number of nitro groups is 1. The molecule has 0 spiro atoms. The molecule has 0 aliphatic heterocycles. The number of methoxy groups -OCH3 is 2. The smallest absolute Gasteiger partial charge is 0.270 e. The number of hydrogen-bond donors (Lipinski definition) is 0. The molecule has 24 heavy (non-hydrogen) atoms. The Balaban J connectivity index is 2.56. The summed E-state index contributed by atoms with van der Waals surface area (Å²) in [5.41, 5.74) is 2.22. The second kappa shape index (κ2) is 7.29. The van der Waals surface area contributed by atoms with Crippen LogP contribution in [0.2, 0.25) is 0 Å². The van der Waals surface area contributed by atoms with Crippen molar-refractivity contribution in [3.63, 3.8) is 0 Å². The molecule has 0 saturated carbocycles. The van der Waals surface area contributed by atoms with Crippen LogP contribution in [0.25, 0.3) is 11.6 Å². The van der Waals surface area contributed by atoms with Gasteiger partial charge in [0, 0.05) is 23.3 Å².